The highest BCUT2D eigenvalue weighted by Crippen LogP contribution is 2.23. The first-order chi connectivity index (χ1) is 15.6. The number of amidine groups is 1. The molecular weight excluding hydrogens is 390 g/mol. The maximum Gasteiger partial charge on any atom is 0.122 e. The van der Waals surface area contributed by atoms with E-state index in [0.717, 1.165) is 29.9 Å². The molecule has 2 aromatic carbocycles. The van der Waals surface area contributed by atoms with Crippen LogP contribution in [0.2, 0.25) is 0 Å². The highest BCUT2D eigenvalue weighted by molar-refractivity contribution is 5.94. The third kappa shape index (κ3) is 10.3. The Hall–Kier alpha value is -2.42. The highest BCUT2D eigenvalue weighted by atomic mass is 14.7. The predicted octanol–water partition coefficient (Wildman–Crippen LogP) is 7.68. The Balaban J connectivity index is 1.53. The molecule has 0 radical (unpaired) electrons. The summed E-state index contributed by atoms with van der Waals surface area (Å²) in [5.41, 5.74) is 10.1. The van der Waals surface area contributed by atoms with Crippen molar-refractivity contribution in [2.24, 2.45) is 11.7 Å². The van der Waals surface area contributed by atoms with Crippen LogP contribution in [0.5, 0.6) is 0 Å². The third-order valence-corrected chi connectivity index (χ3v) is 6.51. The fourth-order valence-electron chi connectivity index (χ4n) is 4.53. The van der Waals surface area contributed by atoms with Crippen molar-refractivity contribution in [3.8, 4) is 0 Å². The number of rotatable bonds is 17. The minimum atomic E-state index is 0.147. The zero-order chi connectivity index (χ0) is 23.0. The van der Waals surface area contributed by atoms with E-state index < -0.39 is 0 Å². The molecule has 2 rings (SSSR count). The minimum Gasteiger partial charge on any atom is -0.384 e. The maximum atomic E-state index is 7.48. The first kappa shape index (κ1) is 25.8. The van der Waals surface area contributed by atoms with Crippen molar-refractivity contribution in [2.75, 3.05) is 0 Å². The summed E-state index contributed by atoms with van der Waals surface area (Å²) >= 11 is 0. The molecule has 1 unspecified atom stereocenters. The van der Waals surface area contributed by atoms with Crippen LogP contribution in [0.4, 0.5) is 0 Å². The molecule has 0 heterocycles. The lowest BCUT2D eigenvalue weighted by Crippen LogP contribution is -2.10. The molecule has 0 saturated carbocycles. The fraction of sp³-hybridized carbons (Fsp3) is 0.517. The standard InChI is InChI=1S/C29H43N3/c1-2-10-24(13-8-9-14-26-19-21-28(22-20-26)29(31)32)11-6-4-3-5-7-12-25-15-17-27(23-30)18-16-25/h15-24,30H,2-14H2,1H3,(H3,31,32). The molecule has 3 heteroatoms. The van der Waals surface area contributed by atoms with Gasteiger partial charge in [-0.1, -0.05) is 113 Å². The first-order valence-electron chi connectivity index (χ1n) is 12.6. The third-order valence-electron chi connectivity index (χ3n) is 6.51. The van der Waals surface area contributed by atoms with Gasteiger partial charge in [0.15, 0.2) is 0 Å². The molecule has 0 aliphatic heterocycles. The Kier molecular flexibility index (Phi) is 12.4. The summed E-state index contributed by atoms with van der Waals surface area (Å²) in [4.78, 5) is 0. The number of aryl methyl sites for hydroxylation is 2. The van der Waals surface area contributed by atoms with Gasteiger partial charge in [-0.15, -0.1) is 0 Å². The van der Waals surface area contributed by atoms with Crippen molar-refractivity contribution in [1.29, 1.82) is 10.8 Å². The molecule has 0 aromatic heterocycles. The molecule has 1 atom stereocenters. The SMILES string of the molecule is CCCC(CCCCCCCc1ccc(C=N)cc1)CCCCc1ccc(C(=N)N)cc1. The van der Waals surface area contributed by atoms with Gasteiger partial charge in [0.25, 0.3) is 0 Å². The number of benzene rings is 2. The average Bonchev–Trinajstić information content (AvgIpc) is 2.81. The summed E-state index contributed by atoms with van der Waals surface area (Å²) in [6.07, 6.45) is 18.4. The lowest BCUT2D eigenvalue weighted by Gasteiger charge is -2.16. The molecule has 0 bridgehead atoms. The first-order valence-corrected chi connectivity index (χ1v) is 12.6. The van der Waals surface area contributed by atoms with Gasteiger partial charge in [-0.2, -0.15) is 0 Å². The van der Waals surface area contributed by atoms with Crippen molar-refractivity contribution in [3.63, 3.8) is 0 Å². The van der Waals surface area contributed by atoms with Gasteiger partial charge in [-0.3, -0.25) is 5.41 Å². The molecule has 2 aromatic rings. The van der Waals surface area contributed by atoms with Gasteiger partial charge in [0.2, 0.25) is 0 Å². The fourth-order valence-corrected chi connectivity index (χ4v) is 4.53. The van der Waals surface area contributed by atoms with E-state index in [9.17, 15) is 0 Å². The summed E-state index contributed by atoms with van der Waals surface area (Å²) in [6.45, 7) is 2.32. The predicted molar refractivity (Wildman–Crippen MR) is 139 cm³/mol. The van der Waals surface area contributed by atoms with E-state index in [4.69, 9.17) is 16.6 Å². The second-order valence-corrected chi connectivity index (χ2v) is 9.20. The number of nitrogens with two attached hydrogens (primary N) is 1. The van der Waals surface area contributed by atoms with E-state index >= 15 is 0 Å². The number of hydrogen-bond acceptors (Lipinski definition) is 2. The Morgan fingerprint density at radius 3 is 1.81 bits per heavy atom. The average molecular weight is 434 g/mol. The van der Waals surface area contributed by atoms with Gasteiger partial charge in [0.1, 0.15) is 5.84 Å². The molecule has 0 fully saturated rings. The van der Waals surface area contributed by atoms with Crippen LogP contribution in [0.1, 0.15) is 99.8 Å². The van der Waals surface area contributed by atoms with Crippen LogP contribution in [0.25, 0.3) is 0 Å². The van der Waals surface area contributed by atoms with E-state index in [1.54, 1.807) is 0 Å². The van der Waals surface area contributed by atoms with E-state index in [-0.39, 0.29) is 5.84 Å². The van der Waals surface area contributed by atoms with Crippen LogP contribution in [0.3, 0.4) is 0 Å². The number of nitrogen functional groups attached to an aromatic ring is 1. The van der Waals surface area contributed by atoms with Crippen LogP contribution >= 0.6 is 0 Å². The van der Waals surface area contributed by atoms with Gasteiger partial charge >= 0.3 is 0 Å². The quantitative estimate of drug-likeness (QED) is 0.134. The van der Waals surface area contributed by atoms with Crippen molar-refractivity contribution in [3.05, 3.63) is 70.8 Å². The molecule has 4 N–H and O–H groups in total. The van der Waals surface area contributed by atoms with Crippen LogP contribution < -0.4 is 5.73 Å². The van der Waals surface area contributed by atoms with Gasteiger partial charge in [-0.25, -0.2) is 0 Å². The Morgan fingerprint density at radius 1 is 0.750 bits per heavy atom. The highest BCUT2D eigenvalue weighted by Gasteiger charge is 2.08. The van der Waals surface area contributed by atoms with E-state index in [1.165, 1.54) is 88.0 Å². The zero-order valence-electron chi connectivity index (χ0n) is 20.0. The molecule has 174 valence electrons. The van der Waals surface area contributed by atoms with E-state index in [2.05, 4.69) is 31.2 Å². The summed E-state index contributed by atoms with van der Waals surface area (Å²) in [7, 11) is 0. The van der Waals surface area contributed by atoms with Gasteiger partial charge < -0.3 is 11.1 Å². The number of nitrogens with one attached hydrogen (secondary N) is 2. The summed E-state index contributed by atoms with van der Waals surface area (Å²) in [6, 6.07) is 16.6. The lowest BCUT2D eigenvalue weighted by atomic mass is 9.90. The zero-order valence-corrected chi connectivity index (χ0v) is 20.0. The van der Waals surface area contributed by atoms with Crippen LogP contribution in [-0.2, 0) is 12.8 Å². The Bertz CT molecular complexity index is 777. The molecule has 0 spiro atoms. The number of unbranched alkanes of at least 4 members (excludes halogenated alkanes) is 5. The molecule has 0 amide bonds. The Morgan fingerprint density at radius 2 is 1.25 bits per heavy atom. The summed E-state index contributed by atoms with van der Waals surface area (Å²) < 4.78 is 0. The summed E-state index contributed by atoms with van der Waals surface area (Å²) in [5.74, 6) is 1.04. The van der Waals surface area contributed by atoms with Crippen molar-refractivity contribution in [2.45, 2.75) is 90.4 Å². The van der Waals surface area contributed by atoms with E-state index in [1.807, 2.05) is 24.3 Å². The largest absolute Gasteiger partial charge is 0.384 e. The molecule has 0 saturated heterocycles. The molecule has 3 nitrogen and oxygen atoms in total. The smallest absolute Gasteiger partial charge is 0.122 e. The number of hydrogen-bond donors (Lipinski definition) is 3. The normalized spacial score (nSPS) is 11.9. The van der Waals surface area contributed by atoms with Gasteiger partial charge in [-0.05, 0) is 48.3 Å². The molecule has 0 aliphatic carbocycles. The Labute approximate surface area is 195 Å². The summed E-state index contributed by atoms with van der Waals surface area (Å²) in [5, 5.41) is 14.8. The van der Waals surface area contributed by atoms with E-state index in [0.29, 0.717) is 0 Å². The van der Waals surface area contributed by atoms with Crippen LogP contribution in [0, 0.1) is 16.7 Å². The topological polar surface area (TPSA) is 73.7 Å². The molecule has 0 aliphatic rings. The second-order valence-electron chi connectivity index (χ2n) is 9.20. The van der Waals surface area contributed by atoms with Crippen LogP contribution in [0.15, 0.2) is 48.5 Å². The molecule has 32 heavy (non-hydrogen) atoms. The van der Waals surface area contributed by atoms with Gasteiger partial charge in [0.05, 0.1) is 0 Å². The van der Waals surface area contributed by atoms with Gasteiger partial charge in [0, 0.05) is 11.8 Å². The second kappa shape index (κ2) is 15.4. The minimum absolute atomic E-state index is 0.147. The van der Waals surface area contributed by atoms with Crippen molar-refractivity contribution >= 4 is 12.1 Å². The van der Waals surface area contributed by atoms with Crippen molar-refractivity contribution < 1.29 is 0 Å². The maximum absolute atomic E-state index is 7.48. The lowest BCUT2D eigenvalue weighted by molar-refractivity contribution is 0.381. The molecular formula is C29H43N3. The monoisotopic (exact) mass is 433 g/mol. The van der Waals surface area contributed by atoms with Crippen molar-refractivity contribution in [1.82, 2.24) is 0 Å². The van der Waals surface area contributed by atoms with Crippen LogP contribution in [-0.4, -0.2) is 12.1 Å².